The summed E-state index contributed by atoms with van der Waals surface area (Å²) >= 11 is 0. The number of hydrogen-bond donors (Lipinski definition) is 4. The van der Waals surface area contributed by atoms with Gasteiger partial charge in [-0.3, -0.25) is 10.0 Å². The van der Waals surface area contributed by atoms with E-state index in [0.717, 1.165) is 10.0 Å². The lowest BCUT2D eigenvalue weighted by molar-refractivity contribution is 0.168. The number of nitrogens with two attached hydrogens (primary N) is 4. The van der Waals surface area contributed by atoms with Gasteiger partial charge in [-0.15, -0.1) is 0 Å². The van der Waals surface area contributed by atoms with Crippen LogP contribution in [-0.4, -0.2) is 35.2 Å². The molecule has 0 aromatic rings. The Balaban J connectivity index is 4.13. The van der Waals surface area contributed by atoms with E-state index in [1.54, 1.807) is 0 Å². The first-order chi connectivity index (χ1) is 7.25. The van der Waals surface area contributed by atoms with E-state index in [1.165, 1.54) is 0 Å². The van der Waals surface area contributed by atoms with Gasteiger partial charge in [-0.1, -0.05) is 13.8 Å². The Labute approximate surface area is 94.4 Å². The van der Waals surface area contributed by atoms with Gasteiger partial charge in [0.05, 0.1) is 0 Å². The van der Waals surface area contributed by atoms with Crippen molar-refractivity contribution in [2.45, 2.75) is 13.8 Å². The lowest BCUT2D eigenvalue weighted by Gasteiger charge is -2.26. The van der Waals surface area contributed by atoms with E-state index >= 15 is 0 Å². The van der Waals surface area contributed by atoms with E-state index in [4.69, 9.17) is 23.2 Å². The van der Waals surface area contributed by atoms with E-state index < -0.39 is 12.1 Å². The zero-order valence-electron chi connectivity index (χ0n) is 9.59. The van der Waals surface area contributed by atoms with Crippen molar-refractivity contribution in [1.29, 1.82) is 0 Å². The summed E-state index contributed by atoms with van der Waals surface area (Å²) in [4.78, 5) is 21.4. The standard InChI is InChI=1S/C8H20N6O2/c1-5(3-13(11)7(9)15)6(2)4-14(12)8(10)16/h5-6H,3-4,11-12H2,1-2H3,(H2,9,15)(H2,10,16). The largest absolute Gasteiger partial charge is 0.350 e. The van der Waals surface area contributed by atoms with Crippen molar-refractivity contribution in [3.63, 3.8) is 0 Å². The predicted molar refractivity (Wildman–Crippen MR) is 59.3 cm³/mol. The minimum absolute atomic E-state index is 0.0444. The molecule has 0 aliphatic heterocycles. The number of hydrogen-bond acceptors (Lipinski definition) is 4. The highest BCUT2D eigenvalue weighted by molar-refractivity contribution is 5.71. The van der Waals surface area contributed by atoms with Crippen molar-refractivity contribution in [1.82, 2.24) is 10.0 Å². The monoisotopic (exact) mass is 232 g/mol. The SMILES string of the molecule is CC(CN(N)C(N)=O)C(C)CN(N)C(N)=O. The molecule has 16 heavy (non-hydrogen) atoms. The predicted octanol–water partition coefficient (Wildman–Crippen LogP) is -1.23. The molecule has 0 aromatic carbocycles. The number of rotatable bonds is 5. The number of carbonyl (C=O) groups excluding carboxylic acids is 2. The van der Waals surface area contributed by atoms with Gasteiger partial charge in [0.15, 0.2) is 0 Å². The summed E-state index contributed by atoms with van der Waals surface area (Å²) in [6, 6.07) is -1.39. The molecule has 0 saturated carbocycles. The van der Waals surface area contributed by atoms with E-state index in [9.17, 15) is 9.59 Å². The Morgan fingerprint density at radius 3 is 1.38 bits per heavy atom. The van der Waals surface area contributed by atoms with Crippen molar-refractivity contribution in [2.75, 3.05) is 13.1 Å². The third kappa shape index (κ3) is 4.80. The molecule has 0 radical (unpaired) electrons. The number of urea groups is 2. The maximum absolute atomic E-state index is 10.7. The summed E-state index contributed by atoms with van der Waals surface area (Å²) < 4.78 is 0. The van der Waals surface area contributed by atoms with Crippen molar-refractivity contribution in [3.8, 4) is 0 Å². The molecule has 94 valence electrons. The van der Waals surface area contributed by atoms with E-state index in [-0.39, 0.29) is 11.8 Å². The van der Waals surface area contributed by atoms with Gasteiger partial charge in [0.1, 0.15) is 0 Å². The first kappa shape index (κ1) is 14.5. The fourth-order valence-electron chi connectivity index (χ4n) is 1.16. The molecule has 8 heteroatoms. The summed E-state index contributed by atoms with van der Waals surface area (Å²) in [5, 5.41) is 1.85. The van der Waals surface area contributed by atoms with Crippen LogP contribution in [-0.2, 0) is 0 Å². The molecule has 8 nitrogen and oxygen atoms in total. The molecule has 4 amide bonds. The molecule has 0 aromatic heterocycles. The van der Waals surface area contributed by atoms with Crippen LogP contribution in [0.25, 0.3) is 0 Å². The highest BCUT2D eigenvalue weighted by atomic mass is 16.2. The smallest absolute Gasteiger partial charge is 0.328 e. The molecular weight excluding hydrogens is 212 g/mol. The number of carbonyl (C=O) groups is 2. The molecule has 0 bridgehead atoms. The maximum atomic E-state index is 10.7. The average Bonchev–Trinajstić information content (AvgIpc) is 2.16. The number of primary amides is 2. The molecule has 0 aliphatic carbocycles. The summed E-state index contributed by atoms with van der Waals surface area (Å²) in [5.41, 5.74) is 9.97. The fraction of sp³-hybridized carbons (Fsp3) is 0.750. The molecule has 2 atom stereocenters. The van der Waals surface area contributed by atoms with Gasteiger partial charge in [-0.25, -0.2) is 21.3 Å². The first-order valence-corrected chi connectivity index (χ1v) is 4.89. The third-order valence-electron chi connectivity index (χ3n) is 2.51. The second-order valence-electron chi connectivity index (χ2n) is 3.94. The van der Waals surface area contributed by atoms with Gasteiger partial charge in [-0.05, 0) is 11.8 Å². The second-order valence-corrected chi connectivity index (χ2v) is 3.94. The van der Waals surface area contributed by atoms with Crippen LogP contribution >= 0.6 is 0 Å². The van der Waals surface area contributed by atoms with E-state index in [1.807, 2.05) is 13.8 Å². The minimum Gasteiger partial charge on any atom is -0.350 e. The van der Waals surface area contributed by atoms with E-state index in [2.05, 4.69) is 0 Å². The van der Waals surface area contributed by atoms with Crippen molar-refractivity contribution >= 4 is 12.1 Å². The highest BCUT2D eigenvalue weighted by Gasteiger charge is 2.19. The van der Waals surface area contributed by atoms with Gasteiger partial charge >= 0.3 is 12.1 Å². The Morgan fingerprint density at radius 1 is 0.938 bits per heavy atom. The third-order valence-corrected chi connectivity index (χ3v) is 2.51. The van der Waals surface area contributed by atoms with Crippen molar-refractivity contribution in [2.24, 2.45) is 35.0 Å². The zero-order valence-corrected chi connectivity index (χ0v) is 9.59. The summed E-state index contributed by atoms with van der Waals surface area (Å²) in [6.07, 6.45) is 0. The Bertz CT molecular complexity index is 233. The summed E-state index contributed by atoms with van der Waals surface area (Å²) in [6.45, 7) is 4.34. The van der Waals surface area contributed by atoms with Gasteiger partial charge in [0.2, 0.25) is 0 Å². The highest BCUT2D eigenvalue weighted by Crippen LogP contribution is 2.12. The topological polar surface area (TPSA) is 145 Å². The van der Waals surface area contributed by atoms with Crippen LogP contribution in [0, 0.1) is 11.8 Å². The molecule has 0 spiro atoms. The minimum atomic E-state index is -0.696. The Hall–Kier alpha value is -1.54. The molecule has 0 aliphatic rings. The quantitative estimate of drug-likeness (QED) is 0.267. The van der Waals surface area contributed by atoms with Gasteiger partial charge in [0, 0.05) is 13.1 Å². The fourth-order valence-corrected chi connectivity index (χ4v) is 1.16. The van der Waals surface area contributed by atoms with Gasteiger partial charge in [0.25, 0.3) is 0 Å². The number of hydrazine groups is 2. The number of amides is 4. The molecule has 0 fully saturated rings. The van der Waals surface area contributed by atoms with Gasteiger partial charge < -0.3 is 11.5 Å². The van der Waals surface area contributed by atoms with Crippen LogP contribution in [0.4, 0.5) is 9.59 Å². The molecule has 0 rings (SSSR count). The molecule has 2 unspecified atom stereocenters. The van der Waals surface area contributed by atoms with Crippen LogP contribution < -0.4 is 23.2 Å². The lowest BCUT2D eigenvalue weighted by Crippen LogP contribution is -2.48. The van der Waals surface area contributed by atoms with Crippen LogP contribution in [0.1, 0.15) is 13.8 Å². The average molecular weight is 232 g/mol. The normalized spacial score (nSPS) is 14.0. The zero-order chi connectivity index (χ0) is 12.9. The summed E-state index contributed by atoms with van der Waals surface area (Å²) in [5.74, 6) is 10.8. The van der Waals surface area contributed by atoms with Crippen molar-refractivity contribution < 1.29 is 9.59 Å². The van der Waals surface area contributed by atoms with Crippen LogP contribution in [0.3, 0.4) is 0 Å². The van der Waals surface area contributed by atoms with Crippen LogP contribution in [0.5, 0.6) is 0 Å². The maximum Gasteiger partial charge on any atom is 0.328 e. The molecule has 0 heterocycles. The van der Waals surface area contributed by atoms with Crippen LogP contribution in [0.2, 0.25) is 0 Å². The Kier molecular flexibility index (Phi) is 5.54. The summed E-state index contributed by atoms with van der Waals surface area (Å²) in [7, 11) is 0. The Morgan fingerprint density at radius 2 is 1.19 bits per heavy atom. The molecule has 8 N–H and O–H groups in total. The molecule has 0 saturated heterocycles. The second kappa shape index (κ2) is 6.13. The lowest BCUT2D eigenvalue weighted by atomic mass is 9.95. The van der Waals surface area contributed by atoms with Crippen LogP contribution in [0.15, 0.2) is 0 Å². The number of nitrogens with zero attached hydrogens (tertiary/aromatic N) is 2. The molecular formula is C8H20N6O2. The van der Waals surface area contributed by atoms with Crippen molar-refractivity contribution in [3.05, 3.63) is 0 Å². The van der Waals surface area contributed by atoms with Gasteiger partial charge in [-0.2, -0.15) is 0 Å². The first-order valence-electron chi connectivity index (χ1n) is 4.89. The van der Waals surface area contributed by atoms with E-state index in [0.29, 0.717) is 13.1 Å².